The molecule has 10 heteroatoms. The van der Waals surface area contributed by atoms with Crippen molar-refractivity contribution < 1.29 is 19.1 Å². The van der Waals surface area contributed by atoms with Gasteiger partial charge >= 0.3 is 6.03 Å². The van der Waals surface area contributed by atoms with Gasteiger partial charge in [-0.1, -0.05) is 30.0 Å². The van der Waals surface area contributed by atoms with Crippen LogP contribution in [0, 0.1) is 0 Å². The van der Waals surface area contributed by atoms with Gasteiger partial charge in [-0.2, -0.15) is 0 Å². The second-order valence-electron chi connectivity index (χ2n) is 9.61. The molecule has 1 fully saturated rings. The number of pyridine rings is 1. The zero-order valence-corrected chi connectivity index (χ0v) is 21.5. The highest BCUT2D eigenvalue weighted by Crippen LogP contribution is 2.50. The smallest absolute Gasteiger partial charge is 0.327 e. The molecule has 3 N–H and O–H groups in total. The summed E-state index contributed by atoms with van der Waals surface area (Å²) in [4.78, 5) is 44.5. The maximum atomic E-state index is 13.4. The quantitative estimate of drug-likeness (QED) is 0.436. The van der Waals surface area contributed by atoms with Crippen molar-refractivity contribution in [3.63, 3.8) is 0 Å². The summed E-state index contributed by atoms with van der Waals surface area (Å²) in [6.45, 7) is 1.49. The second-order valence-corrected chi connectivity index (χ2v) is 10.7. The van der Waals surface area contributed by atoms with E-state index in [0.29, 0.717) is 17.1 Å². The predicted molar refractivity (Wildman–Crippen MR) is 144 cm³/mol. The first-order valence-corrected chi connectivity index (χ1v) is 13.5. The van der Waals surface area contributed by atoms with E-state index in [9.17, 15) is 14.4 Å². The van der Waals surface area contributed by atoms with Gasteiger partial charge in [-0.3, -0.25) is 14.5 Å². The van der Waals surface area contributed by atoms with Gasteiger partial charge in [-0.15, -0.1) is 0 Å². The minimum atomic E-state index is -0.551. The van der Waals surface area contributed by atoms with Crippen molar-refractivity contribution in [2.75, 3.05) is 4.90 Å². The molecule has 1 aromatic heterocycles. The molecule has 0 radical (unpaired) electrons. The lowest BCUT2D eigenvalue weighted by Gasteiger charge is -2.34. The Kier molecular flexibility index (Phi) is 6.40. The van der Waals surface area contributed by atoms with E-state index in [1.54, 1.807) is 11.1 Å². The van der Waals surface area contributed by atoms with E-state index in [1.165, 1.54) is 18.7 Å². The standard InChI is InChI=1S/C28H27N5O4S/c1-16(34)30-20-8-5-9-21(20)31-26(35)25-24-23-22(14-15-29-27(23)38-25)33(28(36)32-24)17-10-12-19(13-11-17)37-18-6-3-2-4-7-18/h2-4,6-7,10-15,20-21,24-25H,5,8-9H2,1H3,(H,30,34)(H,31,35)(H,32,36)/t20-,21+,24?,25?/m0/s1. The third kappa shape index (κ3) is 4.56. The Morgan fingerprint density at radius 2 is 1.71 bits per heavy atom. The van der Waals surface area contributed by atoms with Gasteiger partial charge in [0.05, 0.1) is 17.4 Å². The first kappa shape index (κ1) is 24.3. The van der Waals surface area contributed by atoms with E-state index < -0.39 is 11.3 Å². The van der Waals surface area contributed by atoms with Crippen LogP contribution >= 0.6 is 11.8 Å². The Balaban J connectivity index is 1.22. The Hall–Kier alpha value is -4.05. The van der Waals surface area contributed by atoms with Crippen LogP contribution in [0.4, 0.5) is 16.2 Å². The molecule has 0 spiro atoms. The van der Waals surface area contributed by atoms with Crippen molar-refractivity contribution in [1.29, 1.82) is 0 Å². The van der Waals surface area contributed by atoms with Gasteiger partial charge in [0.1, 0.15) is 21.8 Å². The van der Waals surface area contributed by atoms with Crippen molar-refractivity contribution in [2.24, 2.45) is 0 Å². The Bertz CT molecular complexity index is 1380. The number of para-hydroxylation sites is 1. The van der Waals surface area contributed by atoms with Gasteiger partial charge in [0.2, 0.25) is 11.8 Å². The minimum Gasteiger partial charge on any atom is -0.457 e. The highest BCUT2D eigenvalue weighted by molar-refractivity contribution is 8.01. The number of hydrogen-bond acceptors (Lipinski definition) is 6. The van der Waals surface area contributed by atoms with Crippen molar-refractivity contribution in [3.8, 4) is 11.5 Å². The number of nitrogens with one attached hydrogen (secondary N) is 3. The molecule has 0 bridgehead atoms. The molecule has 38 heavy (non-hydrogen) atoms. The number of nitrogens with zero attached hydrogens (tertiary/aromatic N) is 2. The third-order valence-corrected chi connectivity index (χ3v) is 8.36. The zero-order chi connectivity index (χ0) is 26.2. The zero-order valence-electron chi connectivity index (χ0n) is 20.7. The number of aromatic nitrogens is 1. The minimum absolute atomic E-state index is 0.0794. The summed E-state index contributed by atoms with van der Waals surface area (Å²) in [5, 5.41) is 9.28. The molecule has 1 aliphatic carbocycles. The van der Waals surface area contributed by atoms with E-state index in [4.69, 9.17) is 4.74 Å². The van der Waals surface area contributed by atoms with Crippen LogP contribution in [0.25, 0.3) is 0 Å². The number of urea groups is 1. The molecule has 3 aliphatic rings. The predicted octanol–water partition coefficient (Wildman–Crippen LogP) is 4.42. The van der Waals surface area contributed by atoms with Gasteiger partial charge < -0.3 is 20.7 Å². The van der Waals surface area contributed by atoms with E-state index in [1.807, 2.05) is 60.7 Å². The van der Waals surface area contributed by atoms with Crippen LogP contribution in [0.2, 0.25) is 0 Å². The molecule has 3 heterocycles. The summed E-state index contributed by atoms with van der Waals surface area (Å²) in [6, 6.07) is 17.6. The number of rotatable bonds is 6. The number of carbonyl (C=O) groups excluding carboxylic acids is 3. The molecular formula is C28H27N5O4S. The Labute approximate surface area is 224 Å². The van der Waals surface area contributed by atoms with Crippen LogP contribution in [-0.4, -0.2) is 40.2 Å². The van der Waals surface area contributed by atoms with Crippen molar-refractivity contribution in [1.82, 2.24) is 20.9 Å². The fourth-order valence-corrected chi connectivity index (χ4v) is 6.64. The van der Waals surface area contributed by atoms with Gasteiger partial charge in [-0.25, -0.2) is 9.78 Å². The lowest BCUT2D eigenvalue weighted by molar-refractivity contribution is -0.123. The van der Waals surface area contributed by atoms with Crippen LogP contribution in [0.3, 0.4) is 0 Å². The van der Waals surface area contributed by atoms with Crippen LogP contribution in [0.5, 0.6) is 11.5 Å². The number of anilines is 2. The summed E-state index contributed by atoms with van der Waals surface area (Å²) in [6.07, 6.45) is 4.24. The molecule has 0 saturated heterocycles. The topological polar surface area (TPSA) is 113 Å². The monoisotopic (exact) mass is 529 g/mol. The molecule has 1 saturated carbocycles. The van der Waals surface area contributed by atoms with E-state index in [2.05, 4.69) is 20.9 Å². The molecule has 6 rings (SSSR count). The fraction of sp³-hybridized carbons (Fsp3) is 0.286. The van der Waals surface area contributed by atoms with Gasteiger partial charge in [0.15, 0.2) is 0 Å². The van der Waals surface area contributed by atoms with Crippen LogP contribution in [0.15, 0.2) is 71.9 Å². The average molecular weight is 530 g/mol. The van der Waals surface area contributed by atoms with Gasteiger partial charge in [0.25, 0.3) is 0 Å². The summed E-state index contributed by atoms with van der Waals surface area (Å²) in [7, 11) is 0. The van der Waals surface area contributed by atoms with E-state index in [-0.39, 0.29) is 29.9 Å². The fourth-order valence-electron chi connectivity index (χ4n) is 5.40. The first-order valence-electron chi connectivity index (χ1n) is 12.6. The van der Waals surface area contributed by atoms with E-state index in [0.717, 1.165) is 35.6 Å². The molecule has 2 aliphatic heterocycles. The number of carbonyl (C=O) groups is 3. The summed E-state index contributed by atoms with van der Waals surface area (Å²) in [5.74, 6) is 1.12. The molecule has 4 atom stereocenters. The third-order valence-electron chi connectivity index (χ3n) is 7.07. The number of ether oxygens (including phenoxy) is 1. The number of thioether (sulfide) groups is 1. The van der Waals surface area contributed by atoms with Gasteiger partial charge in [0, 0.05) is 30.8 Å². The van der Waals surface area contributed by atoms with Gasteiger partial charge in [-0.05, 0) is 61.7 Å². The maximum absolute atomic E-state index is 13.4. The second kappa shape index (κ2) is 10.0. The molecule has 2 unspecified atom stereocenters. The lowest BCUT2D eigenvalue weighted by Crippen LogP contribution is -2.53. The molecule has 4 amide bonds. The number of hydrogen-bond donors (Lipinski definition) is 3. The van der Waals surface area contributed by atoms with E-state index >= 15 is 0 Å². The molecule has 2 aromatic carbocycles. The molecule has 3 aromatic rings. The molecule has 194 valence electrons. The Morgan fingerprint density at radius 1 is 1.00 bits per heavy atom. The summed E-state index contributed by atoms with van der Waals surface area (Å²) < 4.78 is 5.89. The first-order chi connectivity index (χ1) is 18.5. The average Bonchev–Trinajstić information content (AvgIpc) is 3.50. The normalized spacial score (nSPS) is 23.4. The van der Waals surface area contributed by atoms with Crippen molar-refractivity contribution in [2.45, 2.75) is 54.6 Å². The van der Waals surface area contributed by atoms with Crippen LogP contribution in [-0.2, 0) is 9.59 Å². The molecular weight excluding hydrogens is 502 g/mol. The highest BCUT2D eigenvalue weighted by atomic mass is 32.2. The largest absolute Gasteiger partial charge is 0.457 e. The van der Waals surface area contributed by atoms with Crippen LogP contribution < -0.4 is 25.6 Å². The SMILES string of the molecule is CC(=O)N[C@H]1CCC[C@H]1NC(=O)C1Sc2nccc3c2C1NC(=O)N3c1ccc(Oc2ccccc2)cc1. The number of benzene rings is 2. The Morgan fingerprint density at radius 3 is 2.45 bits per heavy atom. The van der Waals surface area contributed by atoms with Crippen molar-refractivity contribution in [3.05, 3.63) is 72.4 Å². The number of amides is 4. The summed E-state index contributed by atoms with van der Waals surface area (Å²) in [5.41, 5.74) is 2.23. The molecule has 9 nitrogen and oxygen atoms in total. The highest BCUT2D eigenvalue weighted by Gasteiger charge is 2.47. The summed E-state index contributed by atoms with van der Waals surface area (Å²) >= 11 is 1.36. The maximum Gasteiger partial charge on any atom is 0.327 e. The lowest BCUT2D eigenvalue weighted by atomic mass is 9.99. The van der Waals surface area contributed by atoms with Crippen LogP contribution in [0.1, 0.15) is 37.8 Å². The van der Waals surface area contributed by atoms with Crippen molar-refractivity contribution >= 4 is 41.0 Å².